The molecule has 1 aliphatic carbocycles. The average molecular weight is 350 g/mol. The van der Waals surface area contributed by atoms with Crippen LogP contribution in [-0.2, 0) is 16.1 Å². The van der Waals surface area contributed by atoms with E-state index in [9.17, 15) is 9.59 Å². The molecule has 0 spiro atoms. The highest BCUT2D eigenvalue weighted by molar-refractivity contribution is 5.95. The molecule has 1 aliphatic rings. The SMILES string of the molecule is Cl.NC(C(=O)Nc1cnn(CC(=O)NC2CC2)c1)c1ccccc1. The lowest BCUT2D eigenvalue weighted by molar-refractivity contribution is -0.122. The molecule has 128 valence electrons. The minimum absolute atomic E-state index is 0. The van der Waals surface area contributed by atoms with Crippen LogP contribution in [-0.4, -0.2) is 27.6 Å². The highest BCUT2D eigenvalue weighted by Gasteiger charge is 2.23. The van der Waals surface area contributed by atoms with E-state index in [0.717, 1.165) is 18.4 Å². The molecule has 24 heavy (non-hydrogen) atoms. The molecule has 2 aromatic rings. The Morgan fingerprint density at radius 2 is 2.00 bits per heavy atom. The summed E-state index contributed by atoms with van der Waals surface area (Å²) in [6.45, 7) is 0.136. The largest absolute Gasteiger partial charge is 0.352 e. The summed E-state index contributed by atoms with van der Waals surface area (Å²) >= 11 is 0. The molecular formula is C16H20ClN5O2. The second-order valence-corrected chi connectivity index (χ2v) is 5.65. The Labute approximate surface area is 146 Å². The van der Waals surface area contributed by atoms with Crippen LogP contribution in [0.1, 0.15) is 24.4 Å². The molecule has 1 heterocycles. The van der Waals surface area contributed by atoms with Crippen molar-refractivity contribution in [3.63, 3.8) is 0 Å². The number of aromatic nitrogens is 2. The van der Waals surface area contributed by atoms with Gasteiger partial charge in [-0.2, -0.15) is 5.10 Å². The maximum atomic E-state index is 12.1. The molecule has 7 nitrogen and oxygen atoms in total. The van der Waals surface area contributed by atoms with Crippen molar-refractivity contribution in [3.05, 3.63) is 48.3 Å². The zero-order chi connectivity index (χ0) is 16.2. The van der Waals surface area contributed by atoms with Gasteiger partial charge in [-0.1, -0.05) is 30.3 Å². The quantitative estimate of drug-likeness (QED) is 0.729. The van der Waals surface area contributed by atoms with Crippen molar-refractivity contribution < 1.29 is 9.59 Å². The summed E-state index contributed by atoms with van der Waals surface area (Å²) < 4.78 is 1.49. The van der Waals surface area contributed by atoms with E-state index in [-0.39, 0.29) is 30.8 Å². The first-order valence-corrected chi connectivity index (χ1v) is 7.55. The molecule has 3 rings (SSSR count). The van der Waals surface area contributed by atoms with Gasteiger partial charge in [-0.05, 0) is 18.4 Å². The number of hydrogen-bond donors (Lipinski definition) is 3. The van der Waals surface area contributed by atoms with E-state index in [1.54, 1.807) is 18.3 Å². The van der Waals surface area contributed by atoms with Crippen molar-refractivity contribution >= 4 is 29.9 Å². The number of hydrogen-bond acceptors (Lipinski definition) is 4. The number of benzene rings is 1. The van der Waals surface area contributed by atoms with E-state index in [1.807, 2.05) is 18.2 Å². The highest BCUT2D eigenvalue weighted by atomic mass is 35.5. The minimum atomic E-state index is -0.752. The number of amides is 2. The number of nitrogens with zero attached hydrogens (tertiary/aromatic N) is 2. The molecule has 1 saturated carbocycles. The normalized spacial score (nSPS) is 14.4. The van der Waals surface area contributed by atoms with E-state index in [0.29, 0.717) is 11.7 Å². The smallest absolute Gasteiger partial charge is 0.245 e. The fourth-order valence-electron chi connectivity index (χ4n) is 2.19. The van der Waals surface area contributed by atoms with Crippen LogP contribution in [0.25, 0.3) is 0 Å². The first kappa shape index (κ1) is 18.0. The Kier molecular flexibility index (Phi) is 5.94. The van der Waals surface area contributed by atoms with E-state index in [1.165, 1.54) is 10.9 Å². The Morgan fingerprint density at radius 3 is 2.67 bits per heavy atom. The summed E-state index contributed by atoms with van der Waals surface area (Å²) in [5, 5.41) is 9.66. The number of carbonyl (C=O) groups is 2. The molecule has 1 unspecified atom stereocenters. The molecule has 1 aromatic carbocycles. The molecule has 1 fully saturated rings. The van der Waals surface area contributed by atoms with E-state index in [2.05, 4.69) is 15.7 Å². The number of anilines is 1. The van der Waals surface area contributed by atoms with Gasteiger partial charge in [0.05, 0.1) is 11.9 Å². The van der Waals surface area contributed by atoms with Crippen molar-refractivity contribution in [1.82, 2.24) is 15.1 Å². The molecule has 0 bridgehead atoms. The van der Waals surface area contributed by atoms with Crippen LogP contribution >= 0.6 is 12.4 Å². The van der Waals surface area contributed by atoms with Gasteiger partial charge in [0, 0.05) is 12.2 Å². The lowest BCUT2D eigenvalue weighted by Gasteiger charge is -2.11. The van der Waals surface area contributed by atoms with Crippen molar-refractivity contribution in [2.45, 2.75) is 31.5 Å². The van der Waals surface area contributed by atoms with E-state index < -0.39 is 6.04 Å². The van der Waals surface area contributed by atoms with Gasteiger partial charge in [0.15, 0.2) is 0 Å². The zero-order valence-electron chi connectivity index (χ0n) is 13.0. The molecule has 0 aliphatic heterocycles. The first-order valence-electron chi connectivity index (χ1n) is 7.55. The summed E-state index contributed by atoms with van der Waals surface area (Å²) in [6, 6.07) is 8.70. The molecule has 1 aromatic heterocycles. The maximum absolute atomic E-state index is 12.1. The summed E-state index contributed by atoms with van der Waals surface area (Å²) in [5.41, 5.74) is 7.18. The average Bonchev–Trinajstić information content (AvgIpc) is 3.26. The van der Waals surface area contributed by atoms with Crippen LogP contribution < -0.4 is 16.4 Å². The molecule has 0 radical (unpaired) electrons. The standard InChI is InChI=1S/C16H19N5O2.ClH/c17-15(11-4-2-1-3-5-11)16(23)20-13-8-18-21(9-13)10-14(22)19-12-6-7-12;/h1-5,8-9,12,15H,6-7,10,17H2,(H,19,22)(H,20,23);1H. The van der Waals surface area contributed by atoms with Crippen molar-refractivity contribution in [1.29, 1.82) is 0 Å². The van der Waals surface area contributed by atoms with Gasteiger partial charge in [0.2, 0.25) is 11.8 Å². The molecular weight excluding hydrogens is 330 g/mol. The number of halogens is 1. The molecule has 0 saturated heterocycles. The van der Waals surface area contributed by atoms with Gasteiger partial charge >= 0.3 is 0 Å². The van der Waals surface area contributed by atoms with Crippen molar-refractivity contribution in [3.8, 4) is 0 Å². The fraction of sp³-hybridized carbons (Fsp3) is 0.312. The zero-order valence-corrected chi connectivity index (χ0v) is 13.8. The van der Waals surface area contributed by atoms with Gasteiger partial charge < -0.3 is 16.4 Å². The Bertz CT molecular complexity index is 700. The Hall–Kier alpha value is -2.38. The second kappa shape index (κ2) is 7.94. The Morgan fingerprint density at radius 1 is 1.29 bits per heavy atom. The third-order valence-corrected chi connectivity index (χ3v) is 3.59. The van der Waals surface area contributed by atoms with Gasteiger partial charge in [0.25, 0.3) is 0 Å². The van der Waals surface area contributed by atoms with Crippen molar-refractivity contribution in [2.75, 3.05) is 5.32 Å². The predicted octanol–water partition coefficient (Wildman–Crippen LogP) is 1.22. The van der Waals surface area contributed by atoms with Crippen LogP contribution in [0.4, 0.5) is 5.69 Å². The maximum Gasteiger partial charge on any atom is 0.245 e. The van der Waals surface area contributed by atoms with Crippen LogP contribution in [0.2, 0.25) is 0 Å². The van der Waals surface area contributed by atoms with Crippen LogP contribution in [0, 0.1) is 0 Å². The van der Waals surface area contributed by atoms with Crippen molar-refractivity contribution in [2.24, 2.45) is 5.73 Å². The van der Waals surface area contributed by atoms with Crippen LogP contribution in [0.5, 0.6) is 0 Å². The fourth-order valence-corrected chi connectivity index (χ4v) is 2.19. The monoisotopic (exact) mass is 349 g/mol. The second-order valence-electron chi connectivity index (χ2n) is 5.65. The molecule has 8 heteroatoms. The minimum Gasteiger partial charge on any atom is -0.352 e. The number of carbonyl (C=O) groups excluding carboxylic acids is 2. The van der Waals surface area contributed by atoms with Crippen LogP contribution in [0.3, 0.4) is 0 Å². The molecule has 4 N–H and O–H groups in total. The first-order chi connectivity index (χ1) is 11.1. The third kappa shape index (κ3) is 4.81. The third-order valence-electron chi connectivity index (χ3n) is 3.59. The van der Waals surface area contributed by atoms with E-state index in [4.69, 9.17) is 5.73 Å². The summed E-state index contributed by atoms with van der Waals surface area (Å²) in [7, 11) is 0. The summed E-state index contributed by atoms with van der Waals surface area (Å²) in [6.07, 6.45) is 5.20. The number of rotatable bonds is 6. The topological polar surface area (TPSA) is 102 Å². The van der Waals surface area contributed by atoms with Crippen LogP contribution in [0.15, 0.2) is 42.7 Å². The predicted molar refractivity (Wildman–Crippen MR) is 92.6 cm³/mol. The van der Waals surface area contributed by atoms with Gasteiger partial charge in [-0.15, -0.1) is 12.4 Å². The highest BCUT2D eigenvalue weighted by Crippen LogP contribution is 2.18. The van der Waals surface area contributed by atoms with Gasteiger partial charge in [-0.3, -0.25) is 14.3 Å². The Balaban J connectivity index is 0.00000208. The number of nitrogens with one attached hydrogen (secondary N) is 2. The molecule has 2 amide bonds. The summed E-state index contributed by atoms with van der Waals surface area (Å²) in [5.74, 6) is -0.396. The lowest BCUT2D eigenvalue weighted by Crippen LogP contribution is -2.29. The van der Waals surface area contributed by atoms with Gasteiger partial charge in [-0.25, -0.2) is 0 Å². The summed E-state index contributed by atoms with van der Waals surface area (Å²) in [4.78, 5) is 23.9. The number of nitrogens with two attached hydrogens (primary N) is 1. The molecule has 1 atom stereocenters. The van der Waals surface area contributed by atoms with E-state index >= 15 is 0 Å². The van der Waals surface area contributed by atoms with Gasteiger partial charge in [0.1, 0.15) is 12.6 Å². The lowest BCUT2D eigenvalue weighted by atomic mass is 10.1.